The maximum atomic E-state index is 16.8. The summed E-state index contributed by atoms with van der Waals surface area (Å²) >= 11 is 0. The molecule has 4 atom stereocenters. The first-order chi connectivity index (χ1) is 23.7. The Balaban J connectivity index is 1.24. The van der Waals surface area contributed by atoms with Gasteiger partial charge in [-0.1, -0.05) is 17.9 Å². The molecule has 49 heavy (non-hydrogen) atoms. The number of piperazine rings is 1. The van der Waals surface area contributed by atoms with Gasteiger partial charge in [-0.05, 0) is 61.6 Å². The summed E-state index contributed by atoms with van der Waals surface area (Å²) in [6, 6.07) is 5.88. The van der Waals surface area contributed by atoms with Crippen molar-refractivity contribution in [2.75, 3.05) is 45.2 Å². The molecule has 1 amide bonds. The molecule has 2 N–H and O–H groups in total. The SMILES string of the molecule is C#Cc1c(F)ccc2cc(O)cc(-c3nnc4c(N5C[C@@H]6C[C@H]5CN6)nc(C#C[C@]56CCCN5[C@@H](COC(=O)N(C)C)CC6)nc4c3F)c12. The summed E-state index contributed by atoms with van der Waals surface area (Å²) in [5.74, 6) is 8.01. The number of phenols is 1. The number of amides is 1. The van der Waals surface area contributed by atoms with E-state index >= 15 is 4.39 Å². The monoisotopic (exact) mass is 664 g/mol. The molecule has 2 bridgehead atoms. The summed E-state index contributed by atoms with van der Waals surface area (Å²) in [5, 5.41) is 23.4. The first-order valence-electron chi connectivity index (χ1n) is 16.5. The molecule has 0 spiro atoms. The molecule has 11 nitrogen and oxygen atoms in total. The second kappa shape index (κ2) is 11.8. The van der Waals surface area contributed by atoms with Gasteiger partial charge in [-0.15, -0.1) is 16.6 Å². The second-order valence-electron chi connectivity index (χ2n) is 13.5. The molecule has 4 fully saturated rings. The van der Waals surface area contributed by atoms with E-state index in [1.807, 2.05) is 0 Å². The maximum absolute atomic E-state index is 16.8. The molecule has 13 heteroatoms. The van der Waals surface area contributed by atoms with Crippen molar-refractivity contribution >= 4 is 33.7 Å². The van der Waals surface area contributed by atoms with E-state index in [9.17, 15) is 14.3 Å². The van der Waals surface area contributed by atoms with Crippen molar-refractivity contribution in [2.24, 2.45) is 0 Å². The lowest BCUT2D eigenvalue weighted by Gasteiger charge is -2.30. The van der Waals surface area contributed by atoms with Crippen molar-refractivity contribution in [1.82, 2.24) is 35.3 Å². The Morgan fingerprint density at radius 2 is 2.06 bits per heavy atom. The van der Waals surface area contributed by atoms with Crippen LogP contribution in [0.5, 0.6) is 5.75 Å². The minimum Gasteiger partial charge on any atom is -0.508 e. The average molecular weight is 665 g/mol. The van der Waals surface area contributed by atoms with Crippen LogP contribution in [0.4, 0.5) is 19.4 Å². The van der Waals surface area contributed by atoms with Crippen molar-refractivity contribution in [3.8, 4) is 41.2 Å². The molecule has 0 radical (unpaired) electrons. The van der Waals surface area contributed by atoms with Crippen LogP contribution in [-0.4, -0.2) is 105 Å². The number of hydrogen-bond acceptors (Lipinski definition) is 10. The molecule has 0 saturated carbocycles. The van der Waals surface area contributed by atoms with Crippen LogP contribution in [0.2, 0.25) is 0 Å². The lowest BCUT2D eigenvalue weighted by Crippen LogP contribution is -2.44. The van der Waals surface area contributed by atoms with Crippen molar-refractivity contribution in [3.63, 3.8) is 0 Å². The van der Waals surface area contributed by atoms with Gasteiger partial charge in [-0.25, -0.2) is 23.5 Å². The number of ether oxygens (including phenoxy) is 1. The smallest absolute Gasteiger partial charge is 0.409 e. The number of aromatic nitrogens is 4. The average Bonchev–Trinajstić information content (AvgIpc) is 3.89. The highest BCUT2D eigenvalue weighted by molar-refractivity contribution is 6.02. The van der Waals surface area contributed by atoms with E-state index in [1.165, 1.54) is 29.2 Å². The molecule has 0 unspecified atom stereocenters. The van der Waals surface area contributed by atoms with Crippen LogP contribution in [0.15, 0.2) is 24.3 Å². The van der Waals surface area contributed by atoms with Gasteiger partial charge in [0.2, 0.25) is 5.82 Å². The largest absolute Gasteiger partial charge is 0.508 e. The molecule has 4 aliphatic heterocycles. The highest BCUT2D eigenvalue weighted by Gasteiger charge is 2.48. The highest BCUT2D eigenvalue weighted by Crippen LogP contribution is 2.43. The Morgan fingerprint density at radius 1 is 1.20 bits per heavy atom. The zero-order valence-electron chi connectivity index (χ0n) is 27.1. The predicted molar refractivity (Wildman–Crippen MR) is 179 cm³/mol. The minimum absolute atomic E-state index is 0.0477. The number of benzene rings is 2. The Bertz CT molecular complexity index is 2140. The van der Waals surface area contributed by atoms with Crippen LogP contribution in [0.25, 0.3) is 33.1 Å². The van der Waals surface area contributed by atoms with Crippen molar-refractivity contribution in [1.29, 1.82) is 0 Å². The Kier molecular flexibility index (Phi) is 7.50. The highest BCUT2D eigenvalue weighted by atomic mass is 19.1. The van der Waals surface area contributed by atoms with E-state index in [1.54, 1.807) is 14.1 Å². The third kappa shape index (κ3) is 5.16. The molecule has 250 valence electrons. The fourth-order valence-electron chi connectivity index (χ4n) is 8.05. The quantitative estimate of drug-likeness (QED) is 0.312. The van der Waals surface area contributed by atoms with Crippen LogP contribution >= 0.6 is 0 Å². The summed E-state index contributed by atoms with van der Waals surface area (Å²) in [7, 11) is 3.31. The number of terminal acetylenes is 1. The first-order valence-corrected chi connectivity index (χ1v) is 16.5. The topological polar surface area (TPSA) is 120 Å². The van der Waals surface area contributed by atoms with E-state index in [0.29, 0.717) is 17.7 Å². The van der Waals surface area contributed by atoms with Gasteiger partial charge in [0.1, 0.15) is 29.4 Å². The number of halogens is 2. The first kappa shape index (κ1) is 31.2. The zero-order valence-corrected chi connectivity index (χ0v) is 27.1. The lowest BCUT2D eigenvalue weighted by atomic mass is 9.95. The van der Waals surface area contributed by atoms with Crippen LogP contribution in [-0.2, 0) is 4.74 Å². The molecular formula is C36H34F2N8O3. The van der Waals surface area contributed by atoms with Gasteiger partial charge < -0.3 is 25.0 Å². The number of fused-ring (bicyclic) bond motifs is 5. The van der Waals surface area contributed by atoms with E-state index in [2.05, 4.69) is 48.1 Å². The van der Waals surface area contributed by atoms with Crippen LogP contribution in [0, 0.1) is 35.8 Å². The lowest BCUT2D eigenvalue weighted by molar-refractivity contribution is 0.0794. The summed E-state index contributed by atoms with van der Waals surface area (Å²) < 4.78 is 37.2. The second-order valence-corrected chi connectivity index (χ2v) is 13.5. The number of carbonyl (C=O) groups is 1. The summed E-state index contributed by atoms with van der Waals surface area (Å²) in [6.07, 6.45) is 9.66. The Morgan fingerprint density at radius 3 is 2.82 bits per heavy atom. The standard InChI is InChI=1S/C36H34F2N8O3/c1-4-25-27(37)7-6-20-14-24(47)16-26(29(20)25)31-30(38)32-33(43-42-31)34(45-18-21-15-23(45)17-39-21)41-28(40-32)9-12-36-10-5-13-46(36)22(8-11-36)19-49-35(48)44(2)3/h1,6-7,14,16,21-23,39,47H,5,8,10-11,13,15,17-19H2,2-3H3/t21-,22+,23-,36+/m0/s1. The summed E-state index contributed by atoms with van der Waals surface area (Å²) in [4.78, 5) is 27.4. The number of hydrogen-bond donors (Lipinski definition) is 2. The number of carbonyl (C=O) groups excluding carboxylic acids is 1. The van der Waals surface area contributed by atoms with Crippen LogP contribution in [0.1, 0.15) is 43.5 Å². The third-order valence-corrected chi connectivity index (χ3v) is 10.4. The van der Waals surface area contributed by atoms with E-state index < -0.39 is 17.2 Å². The number of rotatable bonds is 4. The molecular weight excluding hydrogens is 630 g/mol. The Hall–Kier alpha value is -5.11. The number of aromatic hydroxyl groups is 1. The van der Waals surface area contributed by atoms with Crippen molar-refractivity contribution in [2.45, 2.75) is 55.8 Å². The summed E-state index contributed by atoms with van der Waals surface area (Å²) in [6.45, 7) is 2.54. The van der Waals surface area contributed by atoms with Crippen molar-refractivity contribution < 1.29 is 23.4 Å². The number of anilines is 1. The minimum atomic E-state index is -0.803. The van der Waals surface area contributed by atoms with Crippen LogP contribution in [0.3, 0.4) is 0 Å². The van der Waals surface area contributed by atoms with Gasteiger partial charge in [0, 0.05) is 62.8 Å². The van der Waals surface area contributed by atoms with Crippen molar-refractivity contribution in [3.05, 3.63) is 47.3 Å². The maximum Gasteiger partial charge on any atom is 0.409 e. The number of nitrogens with zero attached hydrogens (tertiary/aromatic N) is 7. The summed E-state index contributed by atoms with van der Waals surface area (Å²) in [5.41, 5.74) is -0.520. The number of nitrogens with one attached hydrogen (secondary N) is 1. The number of phenolic OH excluding ortho intramolecular Hbond substituents is 1. The third-order valence-electron chi connectivity index (χ3n) is 10.4. The molecule has 6 heterocycles. The molecule has 0 aliphatic carbocycles. The van der Waals surface area contributed by atoms with E-state index in [0.717, 1.165) is 45.2 Å². The Labute approximate surface area is 281 Å². The van der Waals surface area contributed by atoms with Gasteiger partial charge in [0.05, 0.1) is 11.1 Å². The van der Waals surface area contributed by atoms with Gasteiger partial charge in [-0.3, -0.25) is 4.90 Å². The normalized spacial score (nSPS) is 24.2. The van der Waals surface area contributed by atoms with Gasteiger partial charge in [0.15, 0.2) is 17.2 Å². The van der Waals surface area contributed by atoms with E-state index in [-0.39, 0.29) is 75.6 Å². The molecule has 4 aliphatic rings. The molecule has 4 saturated heterocycles. The van der Waals surface area contributed by atoms with E-state index in [4.69, 9.17) is 16.1 Å². The fraction of sp³-hybridized carbons (Fsp3) is 0.417. The van der Waals surface area contributed by atoms with Crippen LogP contribution < -0.4 is 10.2 Å². The predicted octanol–water partition coefficient (Wildman–Crippen LogP) is 3.80. The van der Waals surface area contributed by atoms with Gasteiger partial charge >= 0.3 is 6.09 Å². The molecule has 2 aromatic heterocycles. The van der Waals surface area contributed by atoms with Gasteiger partial charge in [-0.2, -0.15) is 0 Å². The fourth-order valence-corrected chi connectivity index (χ4v) is 8.05. The zero-order chi connectivity index (χ0) is 34.0. The molecule has 4 aromatic rings. The molecule has 8 rings (SSSR count). The van der Waals surface area contributed by atoms with Gasteiger partial charge in [0.25, 0.3) is 0 Å². The molecule has 2 aromatic carbocycles.